The molecule has 7 heteroatoms. The fourth-order valence-corrected chi connectivity index (χ4v) is 9.72. The van der Waals surface area contributed by atoms with E-state index in [4.69, 9.17) is 9.47 Å². The van der Waals surface area contributed by atoms with E-state index in [1.165, 1.54) is 12.8 Å². The molecule has 5 N–H and O–H groups in total. The highest BCUT2D eigenvalue weighted by Crippen LogP contribution is 2.73. The Balaban J connectivity index is 1.40. The molecule has 12 atom stereocenters. The zero-order chi connectivity index (χ0) is 24.0. The second-order valence-electron chi connectivity index (χ2n) is 13.4. The van der Waals surface area contributed by atoms with Crippen molar-refractivity contribution in [1.29, 1.82) is 0 Å². The maximum absolute atomic E-state index is 11.1. The van der Waals surface area contributed by atoms with Crippen LogP contribution in [0.15, 0.2) is 0 Å². The molecule has 4 aliphatic carbocycles. The fraction of sp³-hybridized carbons (Fsp3) is 1.00. The van der Waals surface area contributed by atoms with Crippen molar-refractivity contribution in [3.63, 3.8) is 0 Å². The van der Waals surface area contributed by atoms with E-state index in [0.29, 0.717) is 17.8 Å². The second-order valence-corrected chi connectivity index (χ2v) is 13.4. The molecule has 2 bridgehead atoms. The van der Waals surface area contributed by atoms with Crippen LogP contribution >= 0.6 is 0 Å². The molecule has 0 aromatic rings. The number of aliphatic hydroxyl groups is 5. The van der Waals surface area contributed by atoms with Crippen LogP contribution in [0.4, 0.5) is 0 Å². The van der Waals surface area contributed by atoms with Crippen molar-refractivity contribution >= 4 is 0 Å². The number of fused-ring (bicyclic) bond motifs is 3. The first-order chi connectivity index (χ1) is 15.3. The van der Waals surface area contributed by atoms with Gasteiger partial charge in [0.2, 0.25) is 0 Å². The van der Waals surface area contributed by atoms with E-state index < -0.39 is 42.9 Å². The molecule has 1 saturated heterocycles. The Morgan fingerprint density at radius 2 is 1.61 bits per heavy atom. The molecule has 0 amide bonds. The molecular formula is C26H44O7. The first-order valence-electron chi connectivity index (χ1n) is 13.0. The number of rotatable bonds is 3. The maximum atomic E-state index is 11.1. The van der Waals surface area contributed by atoms with Gasteiger partial charge in [-0.3, -0.25) is 0 Å². The lowest BCUT2D eigenvalue weighted by atomic mass is 9.41. The summed E-state index contributed by atoms with van der Waals surface area (Å²) < 4.78 is 12.0. The monoisotopic (exact) mass is 468 g/mol. The van der Waals surface area contributed by atoms with E-state index >= 15 is 0 Å². The van der Waals surface area contributed by atoms with Gasteiger partial charge >= 0.3 is 0 Å². The van der Waals surface area contributed by atoms with Gasteiger partial charge in [-0.25, -0.2) is 0 Å². The molecule has 5 rings (SSSR count). The highest BCUT2D eigenvalue weighted by molar-refractivity contribution is 5.16. The molecule has 33 heavy (non-hydrogen) atoms. The van der Waals surface area contributed by atoms with Crippen LogP contribution in [0, 0.1) is 34.0 Å². The second kappa shape index (κ2) is 7.86. The third-order valence-electron chi connectivity index (χ3n) is 10.8. The first-order valence-corrected chi connectivity index (χ1v) is 13.0. The van der Waals surface area contributed by atoms with Crippen molar-refractivity contribution in [2.45, 2.75) is 121 Å². The average Bonchev–Trinajstić information content (AvgIpc) is 2.90. The van der Waals surface area contributed by atoms with Gasteiger partial charge in [0.15, 0.2) is 6.29 Å². The summed E-state index contributed by atoms with van der Waals surface area (Å²) in [4.78, 5) is 0. The lowest BCUT2D eigenvalue weighted by Gasteiger charge is -2.65. The summed E-state index contributed by atoms with van der Waals surface area (Å²) in [5.41, 5.74) is -0.247. The Kier molecular flexibility index (Phi) is 5.81. The van der Waals surface area contributed by atoms with Crippen molar-refractivity contribution in [3.05, 3.63) is 0 Å². The van der Waals surface area contributed by atoms with E-state index in [1.807, 2.05) is 6.92 Å². The summed E-state index contributed by atoms with van der Waals surface area (Å²) in [6.07, 6.45) is 1.97. The zero-order valence-corrected chi connectivity index (χ0v) is 20.6. The van der Waals surface area contributed by atoms with Gasteiger partial charge in [-0.1, -0.05) is 20.8 Å². The lowest BCUT2D eigenvalue weighted by molar-refractivity contribution is -0.322. The number of hydrogen-bond acceptors (Lipinski definition) is 7. The summed E-state index contributed by atoms with van der Waals surface area (Å²) >= 11 is 0. The fourth-order valence-electron chi connectivity index (χ4n) is 9.72. The van der Waals surface area contributed by atoms with Crippen molar-refractivity contribution < 1.29 is 35.0 Å². The normalized spacial score (nSPS) is 57.9. The Labute approximate surface area is 197 Å². The highest BCUT2D eigenvalue weighted by atomic mass is 16.7. The minimum atomic E-state index is -1.42. The van der Waals surface area contributed by atoms with Crippen molar-refractivity contribution in [2.75, 3.05) is 6.61 Å². The van der Waals surface area contributed by atoms with Gasteiger partial charge in [-0.05, 0) is 92.3 Å². The molecule has 4 saturated carbocycles. The Bertz CT molecular complexity index is 753. The summed E-state index contributed by atoms with van der Waals surface area (Å²) in [5.74, 6) is 1.51. The molecule has 0 aromatic carbocycles. The zero-order valence-electron chi connectivity index (χ0n) is 20.6. The van der Waals surface area contributed by atoms with Gasteiger partial charge in [0.1, 0.15) is 24.4 Å². The van der Waals surface area contributed by atoms with E-state index in [9.17, 15) is 25.5 Å². The number of hydrogen-bond donors (Lipinski definition) is 5. The largest absolute Gasteiger partial charge is 0.394 e. The van der Waals surface area contributed by atoms with Gasteiger partial charge in [0.05, 0.1) is 18.3 Å². The molecule has 1 aliphatic heterocycles. The average molecular weight is 469 g/mol. The molecule has 1 spiro atoms. The quantitative estimate of drug-likeness (QED) is 0.402. The van der Waals surface area contributed by atoms with E-state index in [2.05, 4.69) is 20.8 Å². The van der Waals surface area contributed by atoms with Crippen LogP contribution in [-0.2, 0) is 9.47 Å². The molecule has 5 aliphatic rings. The summed E-state index contributed by atoms with van der Waals surface area (Å²) in [7, 11) is 0. The summed E-state index contributed by atoms with van der Waals surface area (Å²) in [5, 5.41) is 51.6. The molecule has 1 heterocycles. The molecule has 0 radical (unpaired) electrons. The standard InChI is InChI=1S/C26H44O7/c1-23(2)10-15(32-22-21(30)20(29)19(28)16(12-27)33-22)11-24(3)17(23)7-8-26-9-14(5-6-18(24)26)25(4,31)13-26/h14-22,27-31H,5-13H2,1-4H3/t14-,15-,16-,17-,18+,19-,20+,21-,22-,24-,25-,26+/m1/s1. The maximum Gasteiger partial charge on any atom is 0.186 e. The van der Waals surface area contributed by atoms with Crippen LogP contribution in [0.1, 0.15) is 79.1 Å². The van der Waals surface area contributed by atoms with Gasteiger partial charge < -0.3 is 35.0 Å². The Morgan fingerprint density at radius 1 is 0.879 bits per heavy atom. The molecule has 0 unspecified atom stereocenters. The van der Waals surface area contributed by atoms with Crippen LogP contribution in [0.5, 0.6) is 0 Å². The Morgan fingerprint density at radius 3 is 2.30 bits per heavy atom. The smallest absolute Gasteiger partial charge is 0.186 e. The predicted molar refractivity (Wildman–Crippen MR) is 121 cm³/mol. The van der Waals surface area contributed by atoms with Gasteiger partial charge in [0.25, 0.3) is 0 Å². The van der Waals surface area contributed by atoms with Gasteiger partial charge in [0, 0.05) is 0 Å². The van der Waals surface area contributed by atoms with Crippen molar-refractivity contribution in [2.24, 2.45) is 34.0 Å². The van der Waals surface area contributed by atoms with Crippen LogP contribution in [-0.4, -0.2) is 74.6 Å². The van der Waals surface area contributed by atoms with Crippen LogP contribution in [0.3, 0.4) is 0 Å². The van der Waals surface area contributed by atoms with E-state index in [-0.39, 0.29) is 22.3 Å². The molecule has 5 fully saturated rings. The minimum absolute atomic E-state index is 0.0470. The molecule has 190 valence electrons. The summed E-state index contributed by atoms with van der Waals surface area (Å²) in [6, 6.07) is 0. The molecule has 7 nitrogen and oxygen atoms in total. The van der Waals surface area contributed by atoms with Crippen molar-refractivity contribution in [3.8, 4) is 0 Å². The van der Waals surface area contributed by atoms with E-state index in [1.54, 1.807) is 0 Å². The molecule has 0 aromatic heterocycles. The van der Waals surface area contributed by atoms with Crippen molar-refractivity contribution in [1.82, 2.24) is 0 Å². The van der Waals surface area contributed by atoms with Gasteiger partial charge in [-0.2, -0.15) is 0 Å². The number of ether oxygens (including phenoxy) is 2. The first kappa shape index (κ1) is 24.4. The van der Waals surface area contributed by atoms with Crippen LogP contribution in [0.25, 0.3) is 0 Å². The SMILES string of the molecule is CC1(C)C[C@@H](O[C@@H]2O[C@H](CO)[C@@H](O)[C@H](O)[C@H]2O)C[C@]2(C)[C@@H]1CC[C@@]13C[C@@H](CC[C@H]12)[C@](C)(O)C3. The third kappa shape index (κ3) is 3.64. The Hall–Kier alpha value is -0.280. The minimum Gasteiger partial charge on any atom is -0.394 e. The van der Waals surface area contributed by atoms with E-state index in [0.717, 1.165) is 38.5 Å². The van der Waals surface area contributed by atoms with Gasteiger partial charge in [-0.15, -0.1) is 0 Å². The summed E-state index contributed by atoms with van der Waals surface area (Å²) in [6.45, 7) is 8.67. The topological polar surface area (TPSA) is 120 Å². The lowest BCUT2D eigenvalue weighted by Crippen LogP contribution is -2.62. The van der Waals surface area contributed by atoms with Crippen LogP contribution in [0.2, 0.25) is 0 Å². The third-order valence-corrected chi connectivity index (χ3v) is 10.8. The van der Waals surface area contributed by atoms with Crippen LogP contribution < -0.4 is 0 Å². The predicted octanol–water partition coefficient (Wildman–Crippen LogP) is 1.97. The highest BCUT2D eigenvalue weighted by Gasteiger charge is 2.67. The molecular weight excluding hydrogens is 424 g/mol. The number of aliphatic hydroxyl groups excluding tert-OH is 4.